The lowest BCUT2D eigenvalue weighted by Crippen LogP contribution is -1.92. The zero-order valence-corrected chi connectivity index (χ0v) is 18.6. The van der Waals surface area contributed by atoms with Crippen LogP contribution in [0.5, 0.6) is 0 Å². The minimum atomic E-state index is 1.07. The molecule has 0 amide bonds. The SMILES string of the molecule is CCCCc1ccc(C#Cc2ccc(CCc3ccc(CCCC)cc3)cc2)cc1. The second kappa shape index (κ2) is 12.0. The van der Waals surface area contributed by atoms with Gasteiger partial charge in [0.05, 0.1) is 0 Å². The van der Waals surface area contributed by atoms with E-state index >= 15 is 0 Å². The highest BCUT2D eigenvalue weighted by Crippen LogP contribution is 2.12. The van der Waals surface area contributed by atoms with Crippen LogP contribution in [0.2, 0.25) is 0 Å². The van der Waals surface area contributed by atoms with E-state index in [0.717, 1.165) is 30.4 Å². The van der Waals surface area contributed by atoms with Crippen LogP contribution < -0.4 is 0 Å². The van der Waals surface area contributed by atoms with Crippen LogP contribution >= 0.6 is 0 Å². The van der Waals surface area contributed by atoms with Gasteiger partial charge in [0.15, 0.2) is 0 Å². The van der Waals surface area contributed by atoms with Crippen molar-refractivity contribution >= 4 is 0 Å². The van der Waals surface area contributed by atoms with Crippen LogP contribution in [0, 0.1) is 11.8 Å². The first kappa shape index (κ1) is 21.9. The van der Waals surface area contributed by atoms with Gasteiger partial charge in [-0.2, -0.15) is 0 Å². The first-order valence-electron chi connectivity index (χ1n) is 11.5. The zero-order valence-electron chi connectivity index (χ0n) is 18.6. The Morgan fingerprint density at radius 3 is 1.07 bits per heavy atom. The van der Waals surface area contributed by atoms with Gasteiger partial charge in [-0.15, -0.1) is 0 Å². The standard InChI is InChI=1S/C30H34/c1-3-5-7-25-9-13-27(14-10-25)17-19-29-21-23-30(24-22-29)20-18-28-15-11-26(12-16-28)8-6-4-2/h9-16,21-24H,3-8,17,19H2,1-2H3. The molecule has 0 radical (unpaired) electrons. The molecule has 0 spiro atoms. The van der Waals surface area contributed by atoms with Crippen molar-refractivity contribution in [1.29, 1.82) is 0 Å². The molecule has 0 fully saturated rings. The highest BCUT2D eigenvalue weighted by Gasteiger charge is 1.98. The lowest BCUT2D eigenvalue weighted by Gasteiger charge is -2.05. The summed E-state index contributed by atoms with van der Waals surface area (Å²) in [6.45, 7) is 4.48. The molecule has 0 aliphatic heterocycles. The number of aryl methyl sites for hydroxylation is 4. The van der Waals surface area contributed by atoms with Gasteiger partial charge in [-0.25, -0.2) is 0 Å². The van der Waals surface area contributed by atoms with Crippen LogP contribution in [0.4, 0.5) is 0 Å². The topological polar surface area (TPSA) is 0 Å². The summed E-state index contributed by atoms with van der Waals surface area (Å²) >= 11 is 0. The van der Waals surface area contributed by atoms with Crippen LogP contribution in [-0.4, -0.2) is 0 Å². The van der Waals surface area contributed by atoms with E-state index in [2.05, 4.69) is 98.5 Å². The maximum atomic E-state index is 3.30. The largest absolute Gasteiger partial charge is 0.0654 e. The number of hydrogen-bond donors (Lipinski definition) is 0. The lowest BCUT2D eigenvalue weighted by atomic mass is 10.0. The average Bonchev–Trinajstić information content (AvgIpc) is 2.80. The van der Waals surface area contributed by atoms with E-state index in [1.165, 1.54) is 54.4 Å². The predicted molar refractivity (Wildman–Crippen MR) is 130 cm³/mol. The van der Waals surface area contributed by atoms with E-state index in [-0.39, 0.29) is 0 Å². The molecule has 3 rings (SSSR count). The highest BCUT2D eigenvalue weighted by molar-refractivity contribution is 5.44. The Hall–Kier alpha value is -2.78. The molecule has 0 saturated heterocycles. The summed E-state index contributed by atoms with van der Waals surface area (Å²) < 4.78 is 0. The van der Waals surface area contributed by atoms with Gasteiger partial charge in [-0.3, -0.25) is 0 Å². The third-order valence-corrected chi connectivity index (χ3v) is 5.62. The smallest absolute Gasteiger partial charge is 0.0249 e. The molecule has 3 aromatic rings. The van der Waals surface area contributed by atoms with E-state index in [1.54, 1.807) is 0 Å². The van der Waals surface area contributed by atoms with E-state index in [0.29, 0.717) is 0 Å². The van der Waals surface area contributed by atoms with Crippen molar-refractivity contribution in [1.82, 2.24) is 0 Å². The molecule has 0 atom stereocenters. The number of hydrogen-bond acceptors (Lipinski definition) is 0. The van der Waals surface area contributed by atoms with Crippen molar-refractivity contribution in [2.24, 2.45) is 0 Å². The molecular formula is C30H34. The zero-order chi connectivity index (χ0) is 21.0. The van der Waals surface area contributed by atoms with Crippen LogP contribution in [0.1, 0.15) is 72.9 Å². The molecule has 0 aromatic heterocycles. The fourth-order valence-electron chi connectivity index (χ4n) is 3.58. The number of rotatable bonds is 9. The normalized spacial score (nSPS) is 10.5. The van der Waals surface area contributed by atoms with Gasteiger partial charge in [-0.05, 0) is 85.0 Å². The fourth-order valence-corrected chi connectivity index (χ4v) is 3.58. The third-order valence-electron chi connectivity index (χ3n) is 5.62. The molecule has 0 unspecified atom stereocenters. The minimum Gasteiger partial charge on any atom is -0.0654 e. The molecule has 0 aliphatic carbocycles. The molecule has 3 aromatic carbocycles. The summed E-state index contributed by atoms with van der Waals surface area (Å²) in [6, 6.07) is 26.6. The first-order valence-corrected chi connectivity index (χ1v) is 11.5. The van der Waals surface area contributed by atoms with Gasteiger partial charge < -0.3 is 0 Å². The summed E-state index contributed by atoms with van der Waals surface area (Å²) in [7, 11) is 0. The molecule has 0 aliphatic rings. The first-order chi connectivity index (χ1) is 14.8. The molecule has 30 heavy (non-hydrogen) atoms. The maximum absolute atomic E-state index is 3.30. The number of benzene rings is 3. The van der Waals surface area contributed by atoms with Crippen molar-refractivity contribution in [2.75, 3.05) is 0 Å². The maximum Gasteiger partial charge on any atom is 0.0249 e. The van der Waals surface area contributed by atoms with Crippen LogP contribution in [0.3, 0.4) is 0 Å². The summed E-state index contributed by atoms with van der Waals surface area (Å²) in [5.74, 6) is 6.59. The van der Waals surface area contributed by atoms with Crippen LogP contribution in [0.15, 0.2) is 72.8 Å². The third kappa shape index (κ3) is 7.23. The van der Waals surface area contributed by atoms with Gasteiger partial charge in [0, 0.05) is 11.1 Å². The van der Waals surface area contributed by atoms with Gasteiger partial charge in [-0.1, -0.05) is 87.1 Å². The number of unbranched alkanes of at least 4 members (excludes halogenated alkanes) is 2. The molecule has 154 valence electrons. The molecule has 0 N–H and O–H groups in total. The molecule has 0 heterocycles. The lowest BCUT2D eigenvalue weighted by molar-refractivity contribution is 0.794. The Bertz CT molecular complexity index is 932. The van der Waals surface area contributed by atoms with Crippen molar-refractivity contribution in [2.45, 2.75) is 65.2 Å². The van der Waals surface area contributed by atoms with Crippen LogP contribution in [0.25, 0.3) is 0 Å². The Morgan fingerprint density at radius 1 is 0.433 bits per heavy atom. The average molecular weight is 395 g/mol. The molecule has 0 nitrogen and oxygen atoms in total. The van der Waals surface area contributed by atoms with Gasteiger partial charge in [0.1, 0.15) is 0 Å². The Kier molecular flexibility index (Phi) is 8.80. The summed E-state index contributed by atoms with van der Waals surface area (Å²) in [4.78, 5) is 0. The second-order valence-corrected chi connectivity index (χ2v) is 8.17. The van der Waals surface area contributed by atoms with E-state index < -0.39 is 0 Å². The molecule has 0 saturated carbocycles. The van der Waals surface area contributed by atoms with Crippen molar-refractivity contribution in [3.05, 3.63) is 106 Å². The summed E-state index contributed by atoms with van der Waals surface area (Å²) in [6.07, 6.45) is 9.54. The quantitative estimate of drug-likeness (QED) is 0.329. The Morgan fingerprint density at radius 2 is 0.733 bits per heavy atom. The fraction of sp³-hybridized carbons (Fsp3) is 0.333. The Balaban J connectivity index is 1.51. The predicted octanol–water partition coefficient (Wildman–Crippen LogP) is 7.56. The van der Waals surface area contributed by atoms with Gasteiger partial charge >= 0.3 is 0 Å². The van der Waals surface area contributed by atoms with E-state index in [9.17, 15) is 0 Å². The van der Waals surface area contributed by atoms with E-state index in [1.807, 2.05) is 0 Å². The van der Waals surface area contributed by atoms with Crippen molar-refractivity contribution in [3.8, 4) is 11.8 Å². The summed E-state index contributed by atoms with van der Waals surface area (Å²) in [5.41, 5.74) is 7.81. The van der Waals surface area contributed by atoms with Gasteiger partial charge in [0.25, 0.3) is 0 Å². The van der Waals surface area contributed by atoms with E-state index in [4.69, 9.17) is 0 Å². The Labute approximate surface area is 183 Å². The molecular weight excluding hydrogens is 360 g/mol. The van der Waals surface area contributed by atoms with Crippen molar-refractivity contribution in [3.63, 3.8) is 0 Å². The molecule has 0 heteroatoms. The molecule has 0 bridgehead atoms. The van der Waals surface area contributed by atoms with Crippen molar-refractivity contribution < 1.29 is 0 Å². The monoisotopic (exact) mass is 394 g/mol. The van der Waals surface area contributed by atoms with Gasteiger partial charge in [0.2, 0.25) is 0 Å². The summed E-state index contributed by atoms with van der Waals surface area (Å²) in [5, 5.41) is 0. The minimum absolute atomic E-state index is 1.07. The highest BCUT2D eigenvalue weighted by atomic mass is 14.0. The second-order valence-electron chi connectivity index (χ2n) is 8.17. The van der Waals surface area contributed by atoms with Crippen LogP contribution in [-0.2, 0) is 25.7 Å².